The van der Waals surface area contributed by atoms with Crippen molar-refractivity contribution in [3.05, 3.63) is 65.2 Å². The molecule has 31 heavy (non-hydrogen) atoms. The highest BCUT2D eigenvalue weighted by Gasteiger charge is 2.25. The first-order valence-electron chi connectivity index (χ1n) is 10.8. The molecule has 1 N–H and O–H groups in total. The zero-order valence-electron chi connectivity index (χ0n) is 18.7. The molecule has 0 amide bonds. The van der Waals surface area contributed by atoms with Gasteiger partial charge in [0.05, 0.1) is 37.3 Å². The summed E-state index contributed by atoms with van der Waals surface area (Å²) in [5, 5.41) is 12.4. The number of benzene rings is 1. The van der Waals surface area contributed by atoms with Crippen LogP contribution >= 0.6 is 0 Å². The number of nitrogens with zero attached hydrogens (tertiary/aromatic N) is 6. The zero-order chi connectivity index (χ0) is 21.8. The maximum atomic E-state index is 6.00. The first-order valence-corrected chi connectivity index (χ1v) is 10.8. The number of ether oxygens (including phenoxy) is 1. The normalized spacial score (nSPS) is 17.2. The molecule has 0 aliphatic carbocycles. The van der Waals surface area contributed by atoms with E-state index >= 15 is 0 Å². The lowest BCUT2D eigenvalue weighted by atomic mass is 10.1. The van der Waals surface area contributed by atoms with Gasteiger partial charge >= 0.3 is 0 Å². The van der Waals surface area contributed by atoms with E-state index in [9.17, 15) is 0 Å². The summed E-state index contributed by atoms with van der Waals surface area (Å²) in [5.41, 5.74) is 5.44. The number of nitrogens with one attached hydrogen (secondary N) is 1. The van der Waals surface area contributed by atoms with Crippen LogP contribution in [-0.4, -0.2) is 56.7 Å². The molecule has 8 heteroatoms. The van der Waals surface area contributed by atoms with E-state index in [-0.39, 0.29) is 6.10 Å². The van der Waals surface area contributed by atoms with Crippen LogP contribution in [0.3, 0.4) is 0 Å². The Kier molecular flexibility index (Phi) is 6.36. The Morgan fingerprint density at radius 1 is 1.29 bits per heavy atom. The molecule has 1 aliphatic rings. The molecule has 2 aromatic heterocycles. The van der Waals surface area contributed by atoms with E-state index in [1.807, 2.05) is 41.8 Å². The van der Waals surface area contributed by atoms with Crippen molar-refractivity contribution in [1.82, 2.24) is 29.8 Å². The minimum absolute atomic E-state index is 0.00621. The highest BCUT2D eigenvalue weighted by atomic mass is 16.5. The molecular weight excluding hydrogens is 390 g/mol. The van der Waals surface area contributed by atoms with Crippen molar-refractivity contribution >= 4 is 5.96 Å². The molecule has 0 bridgehead atoms. The van der Waals surface area contributed by atoms with E-state index in [0.29, 0.717) is 13.2 Å². The Hall–Kier alpha value is -3.13. The molecule has 1 aliphatic heterocycles. The third kappa shape index (κ3) is 4.80. The largest absolute Gasteiger partial charge is 0.370 e. The summed E-state index contributed by atoms with van der Waals surface area (Å²) in [5.74, 6) is 0.905. The van der Waals surface area contributed by atoms with Crippen LogP contribution in [0.4, 0.5) is 0 Å². The predicted octanol–water partition coefficient (Wildman–Crippen LogP) is 2.76. The fourth-order valence-electron chi connectivity index (χ4n) is 3.96. The van der Waals surface area contributed by atoms with Gasteiger partial charge in [-0.15, -0.1) is 0 Å². The second-order valence-electron chi connectivity index (χ2n) is 7.89. The lowest BCUT2D eigenvalue weighted by Gasteiger charge is -2.34. The Labute approximate surface area is 183 Å². The lowest BCUT2D eigenvalue weighted by molar-refractivity contribution is -0.00805. The average Bonchev–Trinajstić information content (AvgIpc) is 3.36. The fraction of sp³-hybridized carbons (Fsp3) is 0.435. The van der Waals surface area contributed by atoms with Crippen LogP contribution in [-0.2, 0) is 18.3 Å². The van der Waals surface area contributed by atoms with Gasteiger partial charge < -0.3 is 15.0 Å². The van der Waals surface area contributed by atoms with Gasteiger partial charge in [-0.05, 0) is 38.5 Å². The standard InChI is InChI=1S/C23H31N7O/c1-5-24-23(29-10-11-31-22(16-29)20-14-26-28(4)15-20)25-13-19-8-6-7-9-21(19)30-18(3)12-17(2)27-30/h6-9,12,14-15,22H,5,10-11,13,16H2,1-4H3,(H,24,25). The van der Waals surface area contributed by atoms with Crippen LogP contribution in [0.2, 0.25) is 0 Å². The third-order valence-electron chi connectivity index (χ3n) is 5.43. The number of aromatic nitrogens is 4. The predicted molar refractivity (Wildman–Crippen MR) is 121 cm³/mol. The maximum absolute atomic E-state index is 6.00. The summed E-state index contributed by atoms with van der Waals surface area (Å²) in [7, 11) is 1.93. The van der Waals surface area contributed by atoms with E-state index in [4.69, 9.17) is 9.73 Å². The van der Waals surface area contributed by atoms with Gasteiger partial charge in [0.2, 0.25) is 0 Å². The van der Waals surface area contributed by atoms with Crippen LogP contribution in [0.5, 0.6) is 0 Å². The fourth-order valence-corrected chi connectivity index (χ4v) is 3.96. The van der Waals surface area contributed by atoms with Crippen molar-refractivity contribution in [2.24, 2.45) is 12.0 Å². The number of morpholine rings is 1. The van der Waals surface area contributed by atoms with Gasteiger partial charge in [0.15, 0.2) is 5.96 Å². The molecule has 0 saturated carbocycles. The minimum Gasteiger partial charge on any atom is -0.370 e. The Bertz CT molecular complexity index is 1050. The molecule has 4 rings (SSSR count). The quantitative estimate of drug-likeness (QED) is 0.507. The summed E-state index contributed by atoms with van der Waals surface area (Å²) in [6.07, 6.45) is 3.89. The van der Waals surface area contributed by atoms with Crippen molar-refractivity contribution in [3.8, 4) is 5.69 Å². The molecule has 1 saturated heterocycles. The summed E-state index contributed by atoms with van der Waals surface area (Å²) >= 11 is 0. The number of aliphatic imine (C=N–C) groups is 1. The number of hydrogen-bond acceptors (Lipinski definition) is 4. The molecule has 1 aromatic carbocycles. The molecule has 0 radical (unpaired) electrons. The molecule has 8 nitrogen and oxygen atoms in total. The zero-order valence-corrected chi connectivity index (χ0v) is 18.7. The number of guanidine groups is 1. The summed E-state index contributed by atoms with van der Waals surface area (Å²) in [6.45, 7) is 9.79. The number of para-hydroxylation sites is 1. The lowest BCUT2D eigenvalue weighted by Crippen LogP contribution is -2.48. The molecule has 1 unspecified atom stereocenters. The van der Waals surface area contributed by atoms with Crippen molar-refractivity contribution in [2.75, 3.05) is 26.2 Å². The first-order chi connectivity index (χ1) is 15.0. The van der Waals surface area contributed by atoms with Gasteiger partial charge in [0, 0.05) is 37.6 Å². The molecule has 0 spiro atoms. The van der Waals surface area contributed by atoms with Gasteiger partial charge in [0.1, 0.15) is 6.10 Å². The van der Waals surface area contributed by atoms with E-state index in [1.165, 1.54) is 0 Å². The molecular formula is C23H31N7O. The van der Waals surface area contributed by atoms with E-state index in [0.717, 1.165) is 53.8 Å². The van der Waals surface area contributed by atoms with Crippen LogP contribution < -0.4 is 5.32 Å². The van der Waals surface area contributed by atoms with Crippen molar-refractivity contribution in [3.63, 3.8) is 0 Å². The van der Waals surface area contributed by atoms with Gasteiger partial charge in [-0.1, -0.05) is 18.2 Å². The molecule has 1 atom stereocenters. The van der Waals surface area contributed by atoms with E-state index < -0.39 is 0 Å². The van der Waals surface area contributed by atoms with Crippen molar-refractivity contribution in [2.45, 2.75) is 33.4 Å². The van der Waals surface area contributed by atoms with Crippen LogP contribution in [0.25, 0.3) is 5.69 Å². The average molecular weight is 422 g/mol. The summed E-state index contributed by atoms with van der Waals surface area (Å²) in [4.78, 5) is 7.25. The Morgan fingerprint density at radius 2 is 2.13 bits per heavy atom. The van der Waals surface area contributed by atoms with Crippen LogP contribution in [0, 0.1) is 13.8 Å². The first kappa shape index (κ1) is 21.1. The summed E-state index contributed by atoms with van der Waals surface area (Å²) in [6, 6.07) is 10.4. The van der Waals surface area contributed by atoms with Gasteiger partial charge in [-0.3, -0.25) is 4.68 Å². The molecule has 1 fully saturated rings. The van der Waals surface area contributed by atoms with Gasteiger partial charge in [0.25, 0.3) is 0 Å². The monoisotopic (exact) mass is 421 g/mol. The smallest absolute Gasteiger partial charge is 0.194 e. The highest BCUT2D eigenvalue weighted by Crippen LogP contribution is 2.22. The molecule has 164 valence electrons. The van der Waals surface area contributed by atoms with Crippen LogP contribution in [0.1, 0.15) is 35.5 Å². The van der Waals surface area contributed by atoms with Crippen molar-refractivity contribution in [1.29, 1.82) is 0 Å². The van der Waals surface area contributed by atoms with E-state index in [2.05, 4.69) is 58.5 Å². The topological polar surface area (TPSA) is 72.5 Å². The SMILES string of the molecule is CCNC(=NCc1ccccc1-n1nc(C)cc1C)N1CCOC(c2cnn(C)c2)C1. The molecule has 3 aromatic rings. The Balaban J connectivity index is 1.55. The highest BCUT2D eigenvalue weighted by molar-refractivity contribution is 5.80. The van der Waals surface area contributed by atoms with Gasteiger partial charge in [-0.25, -0.2) is 9.67 Å². The third-order valence-corrected chi connectivity index (χ3v) is 5.43. The van der Waals surface area contributed by atoms with Crippen LogP contribution in [0.15, 0.2) is 47.7 Å². The number of rotatable bonds is 5. The van der Waals surface area contributed by atoms with Gasteiger partial charge in [-0.2, -0.15) is 10.2 Å². The maximum Gasteiger partial charge on any atom is 0.194 e. The Morgan fingerprint density at radius 3 is 2.84 bits per heavy atom. The minimum atomic E-state index is -0.00621. The van der Waals surface area contributed by atoms with Crippen molar-refractivity contribution < 1.29 is 4.74 Å². The summed E-state index contributed by atoms with van der Waals surface area (Å²) < 4.78 is 9.81. The second kappa shape index (κ2) is 9.34. The van der Waals surface area contributed by atoms with E-state index in [1.54, 1.807) is 0 Å². The molecule has 3 heterocycles. The number of hydrogen-bond donors (Lipinski definition) is 1. The second-order valence-corrected chi connectivity index (χ2v) is 7.89. The number of aryl methyl sites for hydroxylation is 3.